The molecule has 4 aromatic rings. The first-order valence-corrected chi connectivity index (χ1v) is 14.1. The maximum absolute atomic E-state index is 13.2. The Morgan fingerprint density at radius 2 is 1.64 bits per heavy atom. The van der Waals surface area contributed by atoms with Crippen molar-refractivity contribution in [2.75, 3.05) is 46.4 Å². The van der Waals surface area contributed by atoms with Gasteiger partial charge in [-0.1, -0.05) is 37.3 Å². The molecule has 0 saturated heterocycles. The maximum atomic E-state index is 13.2. The van der Waals surface area contributed by atoms with E-state index in [-0.39, 0.29) is 18.4 Å². The number of aromatic hydroxyl groups is 1. The number of aryl methyl sites for hydroxylation is 1. The van der Waals surface area contributed by atoms with E-state index >= 15 is 0 Å². The quantitative estimate of drug-likeness (QED) is 0.165. The minimum atomic E-state index is -0.453. The van der Waals surface area contributed by atoms with Gasteiger partial charge >= 0.3 is 5.97 Å². The minimum Gasteiger partial charge on any atom is -0.494 e. The first-order valence-electron chi connectivity index (χ1n) is 14.1. The molecule has 0 radical (unpaired) electrons. The third-order valence-electron chi connectivity index (χ3n) is 7.39. The molecule has 0 fully saturated rings. The van der Waals surface area contributed by atoms with E-state index in [1.807, 2.05) is 57.2 Å². The number of rotatable bonds is 12. The predicted octanol–water partition coefficient (Wildman–Crippen LogP) is 4.91. The van der Waals surface area contributed by atoms with Gasteiger partial charge in [-0.15, -0.1) is 0 Å². The van der Waals surface area contributed by atoms with Gasteiger partial charge in [0.2, 0.25) is 0 Å². The number of hydrogen-bond acceptors (Lipinski definition) is 7. The fourth-order valence-corrected chi connectivity index (χ4v) is 4.99. The largest absolute Gasteiger partial charge is 0.494 e. The number of H-pyrrole nitrogens is 1. The van der Waals surface area contributed by atoms with Gasteiger partial charge in [-0.05, 0) is 62.4 Å². The standard InChI is InChI=1S/C33H38N4O5/c1-5-36(18-19-38)16-17-37(6-2)32(40)24-12-14-25(15-13-24)34-30(23-10-8-7-9-11-23)29-27-20-22(3)26(33(41)42-4)21-28(27)35-31(29)39/h7-15,20-21,35,38-39H,5-6,16-19H2,1-4H3. The molecule has 220 valence electrons. The number of nitrogens with one attached hydrogen (secondary N) is 1. The number of aromatic nitrogens is 1. The number of carbonyl (C=O) groups excluding carboxylic acids is 2. The Balaban J connectivity index is 1.69. The van der Waals surface area contributed by atoms with Crippen LogP contribution in [0.3, 0.4) is 0 Å². The van der Waals surface area contributed by atoms with Crippen LogP contribution >= 0.6 is 0 Å². The highest BCUT2D eigenvalue weighted by Gasteiger charge is 2.22. The van der Waals surface area contributed by atoms with Crippen molar-refractivity contribution < 1.29 is 24.5 Å². The summed E-state index contributed by atoms with van der Waals surface area (Å²) in [5.74, 6) is -0.588. The zero-order valence-corrected chi connectivity index (χ0v) is 24.6. The summed E-state index contributed by atoms with van der Waals surface area (Å²) < 4.78 is 4.91. The van der Waals surface area contributed by atoms with Gasteiger partial charge in [0, 0.05) is 48.2 Å². The highest BCUT2D eigenvalue weighted by molar-refractivity contribution is 6.22. The zero-order chi connectivity index (χ0) is 30.2. The van der Waals surface area contributed by atoms with Crippen molar-refractivity contribution in [3.63, 3.8) is 0 Å². The van der Waals surface area contributed by atoms with Crippen LogP contribution < -0.4 is 0 Å². The van der Waals surface area contributed by atoms with Crippen molar-refractivity contribution in [2.45, 2.75) is 20.8 Å². The highest BCUT2D eigenvalue weighted by atomic mass is 16.5. The van der Waals surface area contributed by atoms with E-state index in [0.717, 1.165) is 12.1 Å². The molecule has 0 unspecified atom stereocenters. The monoisotopic (exact) mass is 570 g/mol. The number of carbonyl (C=O) groups is 2. The van der Waals surface area contributed by atoms with Crippen molar-refractivity contribution >= 4 is 34.2 Å². The number of aromatic amines is 1. The van der Waals surface area contributed by atoms with Crippen LogP contribution in [0.15, 0.2) is 71.7 Å². The number of benzene rings is 3. The van der Waals surface area contributed by atoms with Crippen LogP contribution in [0.2, 0.25) is 0 Å². The zero-order valence-electron chi connectivity index (χ0n) is 24.6. The number of aliphatic imine (C=N–C) groups is 1. The Labute approximate surface area is 246 Å². The molecule has 0 bridgehead atoms. The lowest BCUT2D eigenvalue weighted by Gasteiger charge is -2.26. The second kappa shape index (κ2) is 13.9. The van der Waals surface area contributed by atoms with Crippen molar-refractivity contribution in [3.05, 3.63) is 94.5 Å². The second-order valence-electron chi connectivity index (χ2n) is 9.97. The average molecular weight is 571 g/mol. The van der Waals surface area contributed by atoms with E-state index in [9.17, 15) is 19.8 Å². The molecule has 4 rings (SSSR count). The van der Waals surface area contributed by atoms with Crippen LogP contribution in [0, 0.1) is 6.92 Å². The number of hydrogen-bond donors (Lipinski definition) is 3. The number of aliphatic hydroxyl groups is 1. The molecule has 9 nitrogen and oxygen atoms in total. The molecule has 0 saturated carbocycles. The predicted molar refractivity (Wildman–Crippen MR) is 165 cm³/mol. The highest BCUT2D eigenvalue weighted by Crippen LogP contribution is 2.33. The molecule has 42 heavy (non-hydrogen) atoms. The molecule has 1 aromatic heterocycles. The van der Waals surface area contributed by atoms with Crippen LogP contribution in [-0.4, -0.2) is 89.0 Å². The fraction of sp³-hybridized carbons (Fsp3) is 0.303. The van der Waals surface area contributed by atoms with E-state index in [1.54, 1.807) is 35.2 Å². The van der Waals surface area contributed by atoms with Crippen LogP contribution in [0.5, 0.6) is 5.88 Å². The smallest absolute Gasteiger partial charge is 0.338 e. The van der Waals surface area contributed by atoms with E-state index < -0.39 is 5.97 Å². The van der Waals surface area contributed by atoms with Gasteiger partial charge in [0.1, 0.15) is 0 Å². The number of amides is 1. The van der Waals surface area contributed by atoms with E-state index in [4.69, 9.17) is 9.73 Å². The Hall–Kier alpha value is -4.47. The van der Waals surface area contributed by atoms with Crippen molar-refractivity contribution in [1.82, 2.24) is 14.8 Å². The lowest BCUT2D eigenvalue weighted by Crippen LogP contribution is -2.39. The third-order valence-corrected chi connectivity index (χ3v) is 7.39. The molecule has 0 aliphatic carbocycles. The summed E-state index contributed by atoms with van der Waals surface area (Å²) in [4.78, 5) is 37.3. The first-order chi connectivity index (χ1) is 20.3. The van der Waals surface area contributed by atoms with E-state index in [0.29, 0.717) is 70.7 Å². The minimum absolute atomic E-state index is 0.0671. The topological polar surface area (TPSA) is 118 Å². The molecule has 9 heteroatoms. The van der Waals surface area contributed by atoms with Gasteiger partial charge in [0.25, 0.3) is 5.91 Å². The third kappa shape index (κ3) is 6.70. The Bertz CT molecular complexity index is 1560. The molecule has 0 aliphatic rings. The van der Waals surface area contributed by atoms with E-state index in [2.05, 4.69) is 9.88 Å². The summed E-state index contributed by atoms with van der Waals surface area (Å²) in [7, 11) is 1.33. The lowest BCUT2D eigenvalue weighted by molar-refractivity contribution is 0.0599. The second-order valence-corrected chi connectivity index (χ2v) is 9.97. The van der Waals surface area contributed by atoms with E-state index in [1.165, 1.54) is 7.11 Å². The molecule has 0 aliphatic heterocycles. The molecule has 0 spiro atoms. The molecule has 3 N–H and O–H groups in total. The van der Waals surface area contributed by atoms with Gasteiger partial charge in [-0.25, -0.2) is 9.79 Å². The molecule has 1 heterocycles. The number of nitrogens with zero attached hydrogens (tertiary/aromatic N) is 3. The number of ether oxygens (including phenoxy) is 1. The van der Waals surface area contributed by atoms with Gasteiger partial charge in [-0.2, -0.15) is 0 Å². The van der Waals surface area contributed by atoms with Crippen LogP contribution in [-0.2, 0) is 4.74 Å². The molecule has 0 atom stereocenters. The normalized spacial score (nSPS) is 11.7. The van der Waals surface area contributed by atoms with Crippen LogP contribution in [0.4, 0.5) is 5.69 Å². The summed E-state index contributed by atoms with van der Waals surface area (Å²) in [5, 5.41) is 21.0. The average Bonchev–Trinajstić information content (AvgIpc) is 3.33. The molecule has 3 aromatic carbocycles. The fourth-order valence-electron chi connectivity index (χ4n) is 4.99. The van der Waals surface area contributed by atoms with Crippen molar-refractivity contribution in [2.24, 2.45) is 4.99 Å². The van der Waals surface area contributed by atoms with Gasteiger partial charge < -0.3 is 24.8 Å². The van der Waals surface area contributed by atoms with Gasteiger partial charge in [-0.3, -0.25) is 9.69 Å². The van der Waals surface area contributed by atoms with Crippen LogP contribution in [0.25, 0.3) is 10.9 Å². The van der Waals surface area contributed by atoms with Gasteiger partial charge in [0.05, 0.1) is 36.2 Å². The molecule has 1 amide bonds. The Morgan fingerprint density at radius 1 is 0.929 bits per heavy atom. The van der Waals surface area contributed by atoms with Gasteiger partial charge in [0.15, 0.2) is 5.88 Å². The first kappa shape index (κ1) is 30.5. The number of likely N-dealkylation sites (N-methyl/N-ethyl adjacent to an activating group) is 2. The number of esters is 1. The Morgan fingerprint density at radius 3 is 2.26 bits per heavy atom. The summed E-state index contributed by atoms with van der Waals surface area (Å²) in [6, 6.07) is 20.2. The summed E-state index contributed by atoms with van der Waals surface area (Å²) in [5.41, 5.74) is 4.73. The number of methoxy groups -OCH3 is 1. The molecular formula is C33H38N4O5. The lowest BCUT2D eigenvalue weighted by atomic mass is 9.98. The number of aliphatic hydroxyl groups excluding tert-OH is 1. The summed E-state index contributed by atoms with van der Waals surface area (Å²) in [6.07, 6.45) is 0. The maximum Gasteiger partial charge on any atom is 0.338 e. The summed E-state index contributed by atoms with van der Waals surface area (Å²) in [6.45, 7) is 9.11. The van der Waals surface area contributed by atoms with Crippen LogP contribution in [0.1, 0.15) is 51.3 Å². The molecular weight excluding hydrogens is 532 g/mol. The Kier molecular flexibility index (Phi) is 10.1. The van der Waals surface area contributed by atoms with Crippen molar-refractivity contribution in [1.29, 1.82) is 0 Å². The summed E-state index contributed by atoms with van der Waals surface area (Å²) >= 11 is 0. The van der Waals surface area contributed by atoms with Crippen molar-refractivity contribution in [3.8, 4) is 5.88 Å². The SMILES string of the molecule is CCN(CCO)CCN(CC)C(=O)c1ccc(N=C(c2ccccc2)c2c(O)[nH]c3cc(C(=O)OC)c(C)cc23)cc1. The number of fused-ring (bicyclic) bond motifs is 1.